The van der Waals surface area contributed by atoms with Crippen LogP contribution in [-0.2, 0) is 20.4 Å². The number of nitrogens with two attached hydrogens (primary N) is 1. The maximum atomic E-state index is 8.81. The zero-order valence-corrected chi connectivity index (χ0v) is 6.71. The summed E-state index contributed by atoms with van der Waals surface area (Å²) in [6, 6.07) is 0. The van der Waals surface area contributed by atoms with Gasteiger partial charge in [-0.2, -0.15) is 0 Å². The molecule has 2 N–H and O–H groups in total. The topological polar surface area (TPSA) is 69.2 Å². The molecule has 0 bridgehead atoms. The monoisotopic (exact) mass is 229 g/mol. The average molecular weight is 230 g/mol. The van der Waals surface area contributed by atoms with Gasteiger partial charge in [0.25, 0.3) is 0 Å². The van der Waals surface area contributed by atoms with E-state index in [2.05, 4.69) is 5.73 Å². The van der Waals surface area contributed by atoms with Crippen LogP contribution in [0.15, 0.2) is 0 Å². The fourth-order valence-corrected chi connectivity index (χ4v) is 0. The number of hydrogen-bond donors (Lipinski definition) is 1. The molecule has 0 aromatic carbocycles. The Labute approximate surface area is 70.6 Å². The minimum atomic E-state index is -0.500. The molecule has 0 heterocycles. The molecule has 0 aliphatic carbocycles. The van der Waals surface area contributed by atoms with E-state index in [-0.39, 0.29) is 35.3 Å². The standard InChI is InChI=1S/CH3NO2.CH5N.CH4.CH3.Pd/c1-2(3)4;1-2;;;/h1H3;2H2,1H3;1H4;1H3;/q;;;-1;. The van der Waals surface area contributed by atoms with Crippen molar-refractivity contribution in [3.8, 4) is 0 Å². The first-order chi connectivity index (χ1) is 2.73. The summed E-state index contributed by atoms with van der Waals surface area (Å²) in [6.07, 6.45) is 0. The van der Waals surface area contributed by atoms with E-state index in [1.807, 2.05) is 0 Å². The van der Waals surface area contributed by atoms with Crippen LogP contribution in [-0.4, -0.2) is 19.0 Å². The molecule has 0 radical (unpaired) electrons. The molecule has 0 aliphatic heterocycles. The number of hydrogen-bond acceptors (Lipinski definition) is 3. The third kappa shape index (κ3) is 583000. The molecular formula is C4H15N2O2Pd-. The molecule has 0 amide bonds. The summed E-state index contributed by atoms with van der Waals surface area (Å²) in [5.74, 6) is 0. The molecule has 0 saturated heterocycles. The molecule has 0 aliphatic rings. The molecule has 0 unspecified atom stereocenters. The molecule has 0 spiro atoms. The second-order valence-electron chi connectivity index (χ2n) is 0.440. The molecule has 0 rings (SSSR count). The summed E-state index contributed by atoms with van der Waals surface area (Å²) in [5.41, 5.74) is 4.50. The van der Waals surface area contributed by atoms with Gasteiger partial charge in [0.1, 0.15) is 0 Å². The van der Waals surface area contributed by atoms with Gasteiger partial charge < -0.3 is 13.2 Å². The van der Waals surface area contributed by atoms with Crippen molar-refractivity contribution >= 4 is 0 Å². The first kappa shape index (κ1) is 35.9. The van der Waals surface area contributed by atoms with Crippen LogP contribution in [0.2, 0.25) is 0 Å². The largest absolute Gasteiger partial charge is 0.358 e. The van der Waals surface area contributed by atoms with Crippen LogP contribution >= 0.6 is 0 Å². The van der Waals surface area contributed by atoms with Crippen LogP contribution < -0.4 is 5.73 Å². The summed E-state index contributed by atoms with van der Waals surface area (Å²) < 4.78 is 0. The Bertz CT molecular complexity index is 39.5. The molecule has 0 aromatic rings. The van der Waals surface area contributed by atoms with E-state index in [4.69, 9.17) is 10.1 Å². The van der Waals surface area contributed by atoms with Crippen LogP contribution in [0.1, 0.15) is 7.43 Å². The first-order valence-electron chi connectivity index (χ1n) is 1.39. The van der Waals surface area contributed by atoms with Gasteiger partial charge in [0.05, 0.1) is 0 Å². The van der Waals surface area contributed by atoms with Gasteiger partial charge in [0, 0.05) is 25.3 Å². The summed E-state index contributed by atoms with van der Waals surface area (Å²) in [4.78, 5) is 8.31. The molecule has 0 fully saturated rings. The van der Waals surface area contributed by atoms with E-state index < -0.39 is 4.92 Å². The Morgan fingerprint density at radius 2 is 1.44 bits per heavy atom. The van der Waals surface area contributed by atoms with Crippen molar-refractivity contribution in [1.29, 1.82) is 0 Å². The van der Waals surface area contributed by atoms with E-state index in [0.29, 0.717) is 0 Å². The minimum Gasteiger partial charge on any atom is -0.358 e. The van der Waals surface area contributed by atoms with Crippen molar-refractivity contribution in [2.45, 2.75) is 7.43 Å². The predicted octanol–water partition coefficient (Wildman–Crippen LogP) is 0.552. The van der Waals surface area contributed by atoms with Gasteiger partial charge in [0.2, 0.25) is 0 Å². The third-order valence-electron chi connectivity index (χ3n) is 0. The normalized spacial score (nSPS) is 3.44. The smallest absolute Gasteiger partial charge is 0.194 e. The molecule has 4 nitrogen and oxygen atoms in total. The summed E-state index contributed by atoms with van der Waals surface area (Å²) in [7, 11) is 2.39. The second kappa shape index (κ2) is 43.3. The second-order valence-corrected chi connectivity index (χ2v) is 0.440. The summed E-state index contributed by atoms with van der Waals surface area (Å²) in [5, 5.41) is 8.81. The van der Waals surface area contributed by atoms with Gasteiger partial charge in [0.15, 0.2) is 7.05 Å². The van der Waals surface area contributed by atoms with Crippen LogP contribution in [0.4, 0.5) is 0 Å². The Morgan fingerprint density at radius 3 is 1.44 bits per heavy atom. The van der Waals surface area contributed by atoms with Gasteiger partial charge in [-0.3, -0.25) is 10.1 Å². The fourth-order valence-electron chi connectivity index (χ4n) is 0. The molecule has 0 atom stereocenters. The van der Waals surface area contributed by atoms with Crippen molar-refractivity contribution in [2.75, 3.05) is 14.1 Å². The third-order valence-corrected chi connectivity index (χ3v) is 0. The van der Waals surface area contributed by atoms with Gasteiger partial charge >= 0.3 is 0 Å². The number of rotatable bonds is 0. The van der Waals surface area contributed by atoms with Crippen LogP contribution in [0.5, 0.6) is 0 Å². The van der Waals surface area contributed by atoms with Crippen molar-refractivity contribution in [1.82, 2.24) is 0 Å². The quantitative estimate of drug-likeness (QED) is 0.285. The van der Waals surface area contributed by atoms with Gasteiger partial charge in [-0.1, -0.05) is 7.43 Å². The number of nitrogens with zero attached hydrogens (tertiary/aromatic N) is 1. The molecule has 5 heteroatoms. The van der Waals surface area contributed by atoms with Crippen molar-refractivity contribution in [3.05, 3.63) is 17.5 Å². The predicted molar refractivity (Wildman–Crippen MR) is 36.2 cm³/mol. The van der Waals surface area contributed by atoms with E-state index in [1.165, 1.54) is 7.05 Å². The Kier molecular flexibility index (Phi) is 173. The van der Waals surface area contributed by atoms with E-state index >= 15 is 0 Å². The summed E-state index contributed by atoms with van der Waals surface area (Å²) >= 11 is 0. The van der Waals surface area contributed by atoms with Crippen molar-refractivity contribution in [3.63, 3.8) is 0 Å². The zero-order chi connectivity index (χ0) is 5.58. The number of nitro groups is 1. The molecule has 64 valence electrons. The molecule has 0 aromatic heterocycles. The Balaban J connectivity index is -0.00000000990. The molecule has 0 saturated carbocycles. The van der Waals surface area contributed by atoms with Gasteiger partial charge in [-0.05, 0) is 7.05 Å². The zero-order valence-electron chi connectivity index (χ0n) is 5.16. The maximum Gasteiger partial charge on any atom is 0.194 e. The Morgan fingerprint density at radius 1 is 1.44 bits per heavy atom. The van der Waals surface area contributed by atoms with Crippen LogP contribution in [0.3, 0.4) is 0 Å². The van der Waals surface area contributed by atoms with E-state index in [9.17, 15) is 0 Å². The Hall–Kier alpha value is 0.0223. The van der Waals surface area contributed by atoms with Gasteiger partial charge in [-0.25, -0.2) is 0 Å². The van der Waals surface area contributed by atoms with E-state index in [0.717, 1.165) is 7.05 Å². The van der Waals surface area contributed by atoms with Gasteiger partial charge in [-0.15, -0.1) is 0 Å². The van der Waals surface area contributed by atoms with E-state index in [1.54, 1.807) is 0 Å². The fraction of sp³-hybridized carbons (Fsp3) is 0.750. The first-order valence-corrected chi connectivity index (χ1v) is 1.39. The molecule has 9 heavy (non-hydrogen) atoms. The van der Waals surface area contributed by atoms with Crippen LogP contribution in [0.25, 0.3) is 0 Å². The maximum absolute atomic E-state index is 8.81. The van der Waals surface area contributed by atoms with Crippen LogP contribution in [0, 0.1) is 17.5 Å². The summed E-state index contributed by atoms with van der Waals surface area (Å²) in [6.45, 7) is 0. The van der Waals surface area contributed by atoms with Crippen molar-refractivity contribution < 1.29 is 25.3 Å². The van der Waals surface area contributed by atoms with Crippen molar-refractivity contribution in [2.24, 2.45) is 5.73 Å². The molecular weight excluding hydrogens is 214 g/mol. The minimum absolute atomic E-state index is 0. The average Bonchev–Trinajstić information content (AvgIpc) is 1.41. The SMILES string of the molecule is C.CN.C[N+](=O)[O-].[CH3-].[Pd].